The van der Waals surface area contributed by atoms with Gasteiger partial charge in [-0.3, -0.25) is 10.2 Å². The molecule has 1 aliphatic rings. The van der Waals surface area contributed by atoms with Gasteiger partial charge in [0.1, 0.15) is 11.8 Å². The molecule has 1 N–H and O–H groups in total. The van der Waals surface area contributed by atoms with Gasteiger partial charge in [-0.25, -0.2) is 5.01 Å². The molecule has 1 heterocycles. The number of hydrogen-bond acceptors (Lipinski definition) is 3. The van der Waals surface area contributed by atoms with Gasteiger partial charge >= 0.3 is 6.18 Å². The molecule has 31 heavy (non-hydrogen) atoms. The maximum atomic E-state index is 14.0. The van der Waals surface area contributed by atoms with Crippen LogP contribution in [0.15, 0.2) is 36.4 Å². The van der Waals surface area contributed by atoms with Crippen molar-refractivity contribution < 1.29 is 22.7 Å². The largest absolute Gasteiger partial charge is 0.493 e. The predicted octanol–water partition coefficient (Wildman–Crippen LogP) is 6.31. The van der Waals surface area contributed by atoms with E-state index in [4.69, 9.17) is 4.74 Å². The van der Waals surface area contributed by atoms with Crippen molar-refractivity contribution in [3.8, 4) is 5.75 Å². The highest BCUT2D eigenvalue weighted by Crippen LogP contribution is 2.41. The molecule has 1 amide bonds. The maximum absolute atomic E-state index is 14.0. The summed E-state index contributed by atoms with van der Waals surface area (Å²) in [5.41, 5.74) is 2.41. The molecule has 0 spiro atoms. The maximum Gasteiger partial charge on any atom is 0.409 e. The summed E-state index contributed by atoms with van der Waals surface area (Å²) in [7, 11) is 0. The number of benzene rings is 2. The van der Waals surface area contributed by atoms with Crippen LogP contribution in [0, 0.1) is 0 Å². The van der Waals surface area contributed by atoms with Crippen LogP contribution in [0.5, 0.6) is 5.75 Å². The Morgan fingerprint density at radius 1 is 1.06 bits per heavy atom. The van der Waals surface area contributed by atoms with Gasteiger partial charge in [0.2, 0.25) is 5.91 Å². The number of nitrogens with zero attached hydrogens (tertiary/aromatic N) is 1. The molecule has 2 aromatic rings. The van der Waals surface area contributed by atoms with E-state index in [-0.39, 0.29) is 18.5 Å². The van der Waals surface area contributed by atoms with Crippen LogP contribution in [-0.4, -0.2) is 30.2 Å². The van der Waals surface area contributed by atoms with E-state index in [0.717, 1.165) is 29.7 Å². The zero-order valence-electron chi connectivity index (χ0n) is 18.0. The summed E-state index contributed by atoms with van der Waals surface area (Å²) in [6.45, 7) is 2.68. The average molecular weight is 437 g/mol. The van der Waals surface area contributed by atoms with Gasteiger partial charge in [0, 0.05) is 18.4 Å². The van der Waals surface area contributed by atoms with E-state index >= 15 is 0 Å². The summed E-state index contributed by atoms with van der Waals surface area (Å²) in [5.74, 6) is 0.0595. The van der Waals surface area contributed by atoms with Crippen molar-refractivity contribution in [1.29, 1.82) is 0 Å². The third-order valence-electron chi connectivity index (χ3n) is 5.64. The van der Waals surface area contributed by atoms with Crippen LogP contribution in [0.3, 0.4) is 0 Å². The van der Waals surface area contributed by atoms with Crippen molar-refractivity contribution in [3.05, 3.63) is 42.0 Å². The molecule has 0 bridgehead atoms. The highest BCUT2D eigenvalue weighted by atomic mass is 19.4. The molecule has 0 aliphatic carbocycles. The Labute approximate surface area is 181 Å². The van der Waals surface area contributed by atoms with Gasteiger partial charge in [-0.2, -0.15) is 13.2 Å². The van der Waals surface area contributed by atoms with Gasteiger partial charge in [-0.05, 0) is 29.5 Å². The number of nitrogens with one attached hydrogen (secondary N) is 1. The summed E-state index contributed by atoms with van der Waals surface area (Å²) in [6.07, 6.45) is 3.52. The van der Waals surface area contributed by atoms with Crippen LogP contribution in [0.1, 0.15) is 69.9 Å². The molecule has 0 aromatic heterocycles. The second-order valence-corrected chi connectivity index (χ2v) is 8.13. The number of rotatable bonds is 11. The lowest BCUT2D eigenvalue weighted by Gasteiger charge is -2.29. The zero-order chi connectivity index (χ0) is 22.3. The minimum atomic E-state index is -4.53. The lowest BCUT2D eigenvalue weighted by atomic mass is 10.00. The van der Waals surface area contributed by atoms with E-state index < -0.39 is 18.1 Å². The summed E-state index contributed by atoms with van der Waals surface area (Å²) < 4.78 is 47.8. The first-order chi connectivity index (χ1) is 14.9. The highest BCUT2D eigenvalue weighted by Gasteiger charge is 2.47. The van der Waals surface area contributed by atoms with Crippen molar-refractivity contribution in [3.63, 3.8) is 0 Å². The monoisotopic (exact) mass is 436 g/mol. The first-order valence-electron chi connectivity index (χ1n) is 11.2. The van der Waals surface area contributed by atoms with Crippen molar-refractivity contribution in [1.82, 2.24) is 10.4 Å². The Balaban J connectivity index is 1.76. The molecule has 1 atom stereocenters. The van der Waals surface area contributed by atoms with E-state index in [0.29, 0.717) is 17.7 Å². The lowest BCUT2D eigenvalue weighted by Crippen LogP contribution is -2.43. The minimum absolute atomic E-state index is 0.0179. The summed E-state index contributed by atoms with van der Waals surface area (Å²) >= 11 is 0. The van der Waals surface area contributed by atoms with Gasteiger partial charge in [0.15, 0.2) is 0 Å². The van der Waals surface area contributed by atoms with E-state index in [1.165, 1.54) is 31.7 Å². The van der Waals surface area contributed by atoms with Crippen molar-refractivity contribution in [2.45, 2.75) is 70.5 Å². The Kier molecular flexibility index (Phi) is 8.18. The molecular formula is C24H31F3N2O2. The van der Waals surface area contributed by atoms with Gasteiger partial charge in [-0.1, -0.05) is 69.7 Å². The lowest BCUT2D eigenvalue weighted by molar-refractivity contribution is -0.191. The molecule has 170 valence electrons. The molecule has 0 saturated carbocycles. The van der Waals surface area contributed by atoms with Crippen LogP contribution in [-0.2, 0) is 4.79 Å². The number of hydrogen-bond donors (Lipinski definition) is 1. The van der Waals surface area contributed by atoms with Crippen LogP contribution in [0.25, 0.3) is 10.8 Å². The van der Waals surface area contributed by atoms with Gasteiger partial charge in [-0.15, -0.1) is 0 Å². The number of amides is 1. The third kappa shape index (κ3) is 6.35. The first-order valence-corrected chi connectivity index (χ1v) is 11.2. The number of hydrazine groups is 1. The number of fused-ring (bicyclic) bond motifs is 1. The van der Waals surface area contributed by atoms with E-state index in [1.54, 1.807) is 18.2 Å². The molecule has 1 fully saturated rings. The van der Waals surface area contributed by atoms with Gasteiger partial charge in [0.25, 0.3) is 0 Å². The van der Waals surface area contributed by atoms with Crippen molar-refractivity contribution in [2.75, 3.05) is 13.2 Å². The number of carbonyl (C=O) groups is 1. The van der Waals surface area contributed by atoms with E-state index in [9.17, 15) is 18.0 Å². The van der Waals surface area contributed by atoms with Crippen molar-refractivity contribution in [2.24, 2.45) is 0 Å². The molecule has 2 aromatic carbocycles. The molecular weight excluding hydrogens is 405 g/mol. The number of alkyl halides is 3. The third-order valence-corrected chi connectivity index (χ3v) is 5.64. The smallest absolute Gasteiger partial charge is 0.409 e. The van der Waals surface area contributed by atoms with Crippen LogP contribution in [0.4, 0.5) is 13.2 Å². The highest BCUT2D eigenvalue weighted by molar-refractivity contribution is 5.89. The van der Waals surface area contributed by atoms with Crippen molar-refractivity contribution >= 4 is 16.7 Å². The molecule has 0 radical (unpaired) electrons. The molecule has 1 saturated heterocycles. The van der Waals surface area contributed by atoms with Gasteiger partial charge in [0.05, 0.1) is 6.61 Å². The quantitative estimate of drug-likeness (QED) is 0.420. The van der Waals surface area contributed by atoms with E-state index in [1.807, 2.05) is 12.1 Å². The normalized spacial score (nSPS) is 15.9. The van der Waals surface area contributed by atoms with Gasteiger partial charge < -0.3 is 4.74 Å². The second-order valence-electron chi connectivity index (χ2n) is 8.13. The fourth-order valence-corrected chi connectivity index (χ4v) is 4.05. The Hall–Kier alpha value is -2.28. The summed E-state index contributed by atoms with van der Waals surface area (Å²) in [4.78, 5) is 11.5. The van der Waals surface area contributed by atoms with Crippen LogP contribution < -0.4 is 10.2 Å². The number of carbonyl (C=O) groups excluding carboxylic acids is 1. The fourth-order valence-electron chi connectivity index (χ4n) is 4.05. The van der Waals surface area contributed by atoms with E-state index in [2.05, 4.69) is 12.3 Å². The standard InChI is InChI=1S/C24H31F3N2O2/c1-2-3-4-5-6-7-10-15-31-21-17-19(16-18-11-8-9-12-20(18)21)23(24(25,26)27)29-14-13-22(30)28-29/h8-9,11-12,16-17,23H,2-7,10,13-15H2,1H3,(H,28,30)/t23-/m0/s1. The topological polar surface area (TPSA) is 41.6 Å². The number of unbranched alkanes of at least 4 members (excludes halogenated alkanes) is 6. The Morgan fingerprint density at radius 2 is 1.77 bits per heavy atom. The number of ether oxygens (including phenoxy) is 1. The molecule has 7 heteroatoms. The second kappa shape index (κ2) is 10.8. The zero-order valence-corrected chi connectivity index (χ0v) is 18.0. The molecule has 3 rings (SSSR count). The molecule has 0 unspecified atom stereocenters. The SMILES string of the molecule is CCCCCCCCCOc1cc([C@H](N2CCC(=O)N2)C(F)(F)F)cc2ccccc12. The van der Waals surface area contributed by atoms with Crippen LogP contribution >= 0.6 is 0 Å². The number of halogens is 3. The minimum Gasteiger partial charge on any atom is -0.493 e. The van der Waals surface area contributed by atoms with Crippen LogP contribution in [0.2, 0.25) is 0 Å². The summed E-state index contributed by atoms with van der Waals surface area (Å²) in [5, 5.41) is 2.46. The summed E-state index contributed by atoms with van der Waals surface area (Å²) in [6, 6.07) is 8.40. The predicted molar refractivity (Wildman–Crippen MR) is 116 cm³/mol. The Morgan fingerprint density at radius 3 is 2.45 bits per heavy atom. The first kappa shape index (κ1) is 23.4. The molecule has 1 aliphatic heterocycles. The fraction of sp³-hybridized carbons (Fsp3) is 0.542. The Bertz CT molecular complexity index is 870. The average Bonchev–Trinajstić information content (AvgIpc) is 3.14. The molecule has 4 nitrogen and oxygen atoms in total.